The highest BCUT2D eigenvalue weighted by Crippen LogP contribution is 2.40. The molecule has 5 aromatic rings. The zero-order valence-corrected chi connectivity index (χ0v) is 39.7. The number of halogens is 10. The molecular formula is C46H36Cl4F6N8O6. The number of azo groups is 2. The Morgan fingerprint density at radius 3 is 1.19 bits per heavy atom. The first-order chi connectivity index (χ1) is 32.9. The van der Waals surface area contributed by atoms with Gasteiger partial charge in [0.1, 0.15) is 0 Å². The first-order valence-corrected chi connectivity index (χ1v) is 21.9. The molecule has 0 heterocycles. The van der Waals surface area contributed by atoms with Crippen molar-refractivity contribution in [3.8, 4) is 0 Å². The van der Waals surface area contributed by atoms with Crippen molar-refractivity contribution in [3.63, 3.8) is 0 Å². The van der Waals surface area contributed by atoms with Gasteiger partial charge in [0.2, 0.25) is 12.1 Å². The molecule has 0 aliphatic rings. The van der Waals surface area contributed by atoms with Gasteiger partial charge in [-0.1, -0.05) is 72.4 Å². The van der Waals surface area contributed by atoms with Crippen molar-refractivity contribution in [2.75, 3.05) is 21.3 Å². The molecule has 70 heavy (non-hydrogen) atoms. The van der Waals surface area contributed by atoms with E-state index in [-0.39, 0.29) is 55.3 Å². The largest absolute Gasteiger partial charge is 0.417 e. The summed E-state index contributed by atoms with van der Waals surface area (Å²) in [4.78, 5) is 78.8. The maximum atomic E-state index is 13.6. The van der Waals surface area contributed by atoms with Gasteiger partial charge in [-0.25, -0.2) is 0 Å². The number of nitrogens with one attached hydrogen (secondary N) is 4. The Bertz CT molecular complexity index is 2770. The Balaban J connectivity index is 1.31. The molecule has 0 saturated carbocycles. The van der Waals surface area contributed by atoms with Gasteiger partial charge in [-0.05, 0) is 111 Å². The molecular weight excluding hydrogens is 1020 g/mol. The minimum Gasteiger partial charge on any atom is -0.323 e. The van der Waals surface area contributed by atoms with E-state index in [2.05, 4.69) is 41.7 Å². The highest BCUT2D eigenvalue weighted by Gasteiger charge is 2.35. The predicted octanol–water partition coefficient (Wildman–Crippen LogP) is 13.3. The van der Waals surface area contributed by atoms with Crippen molar-refractivity contribution in [2.45, 2.75) is 65.0 Å². The summed E-state index contributed by atoms with van der Waals surface area (Å²) < 4.78 is 80.3. The maximum absolute atomic E-state index is 13.6. The summed E-state index contributed by atoms with van der Waals surface area (Å²) in [6.45, 7) is 5.70. The third-order valence-electron chi connectivity index (χ3n) is 9.99. The number of carbonyl (C=O) groups excluding carboxylic acids is 6. The van der Waals surface area contributed by atoms with Crippen molar-refractivity contribution >= 4 is 116 Å². The predicted molar refractivity (Wildman–Crippen MR) is 252 cm³/mol. The number of benzene rings is 5. The van der Waals surface area contributed by atoms with Crippen LogP contribution in [0.25, 0.3) is 0 Å². The third-order valence-corrected chi connectivity index (χ3v) is 11.5. The van der Waals surface area contributed by atoms with Crippen molar-refractivity contribution in [1.82, 2.24) is 0 Å². The third kappa shape index (κ3) is 13.1. The van der Waals surface area contributed by atoms with E-state index in [1.165, 1.54) is 36.4 Å². The monoisotopic (exact) mass is 1050 g/mol. The van der Waals surface area contributed by atoms with Crippen LogP contribution < -0.4 is 21.3 Å². The molecule has 0 radical (unpaired) electrons. The Hall–Kier alpha value is -6.74. The van der Waals surface area contributed by atoms with E-state index in [1.54, 1.807) is 13.8 Å². The van der Waals surface area contributed by atoms with E-state index in [4.69, 9.17) is 46.4 Å². The number of alkyl halides is 6. The van der Waals surface area contributed by atoms with E-state index < -0.39 is 80.8 Å². The first kappa shape index (κ1) is 54.2. The van der Waals surface area contributed by atoms with Crippen LogP contribution in [0.2, 0.25) is 20.1 Å². The van der Waals surface area contributed by atoms with E-state index in [0.717, 1.165) is 62.4 Å². The van der Waals surface area contributed by atoms with Crippen molar-refractivity contribution < 1.29 is 55.1 Å². The lowest BCUT2D eigenvalue weighted by molar-refractivity contribution is -0.138. The lowest BCUT2D eigenvalue weighted by Crippen LogP contribution is -2.33. The van der Waals surface area contributed by atoms with Crippen LogP contribution in [0, 0.1) is 0 Å². The average molecular weight is 1050 g/mol. The normalized spacial score (nSPS) is 12.7. The van der Waals surface area contributed by atoms with Gasteiger partial charge in [0.15, 0.2) is 11.6 Å². The van der Waals surface area contributed by atoms with E-state index in [0.29, 0.717) is 24.0 Å². The quantitative estimate of drug-likeness (QED) is 0.0430. The second-order valence-electron chi connectivity index (χ2n) is 14.8. The number of ketones is 2. The Labute approximate surface area is 414 Å². The molecule has 0 aliphatic carbocycles. The minimum absolute atomic E-state index is 0.0571. The Kier molecular flexibility index (Phi) is 17.6. The number of nitrogens with zero attached hydrogens (tertiary/aromatic N) is 4. The Morgan fingerprint density at radius 1 is 0.514 bits per heavy atom. The van der Waals surface area contributed by atoms with Crippen molar-refractivity contribution in [3.05, 3.63) is 138 Å². The van der Waals surface area contributed by atoms with Crippen LogP contribution in [0.1, 0.15) is 70.7 Å². The van der Waals surface area contributed by atoms with E-state index in [1.807, 2.05) is 0 Å². The molecule has 0 spiro atoms. The van der Waals surface area contributed by atoms with Gasteiger partial charge >= 0.3 is 12.4 Å². The summed E-state index contributed by atoms with van der Waals surface area (Å²) in [5.41, 5.74) is -2.11. The highest BCUT2D eigenvalue weighted by molar-refractivity contribution is 6.37. The zero-order valence-electron chi connectivity index (χ0n) is 36.7. The van der Waals surface area contributed by atoms with Gasteiger partial charge < -0.3 is 21.3 Å². The lowest BCUT2D eigenvalue weighted by Gasteiger charge is -2.20. The van der Waals surface area contributed by atoms with E-state index in [9.17, 15) is 55.1 Å². The molecule has 0 bridgehead atoms. The molecule has 4 N–H and O–H groups in total. The van der Waals surface area contributed by atoms with Crippen LogP contribution in [0.3, 0.4) is 0 Å². The molecule has 2 unspecified atom stereocenters. The fourth-order valence-corrected chi connectivity index (χ4v) is 7.56. The number of rotatable bonds is 16. The molecule has 2 atom stereocenters. The molecule has 5 rings (SSSR count). The van der Waals surface area contributed by atoms with Gasteiger partial charge in [0.25, 0.3) is 23.6 Å². The molecule has 4 amide bonds. The smallest absolute Gasteiger partial charge is 0.323 e. The topological polar surface area (TPSA) is 200 Å². The number of carbonyl (C=O) groups is 6. The Morgan fingerprint density at radius 2 is 0.871 bits per heavy atom. The number of hydrogen-bond acceptors (Lipinski definition) is 10. The number of hydrogen-bond donors (Lipinski definition) is 4. The molecule has 14 nitrogen and oxygen atoms in total. The summed E-state index contributed by atoms with van der Waals surface area (Å²) in [5, 5.41) is 23.8. The summed E-state index contributed by atoms with van der Waals surface area (Å²) >= 11 is 24.3. The lowest BCUT2D eigenvalue weighted by atomic mass is 9.98. The van der Waals surface area contributed by atoms with Crippen LogP contribution in [0.15, 0.2) is 105 Å². The number of Topliss-reactive ketones (excluding diaryl/α,β-unsaturated/α-hetero) is 2. The van der Waals surface area contributed by atoms with Crippen LogP contribution in [-0.4, -0.2) is 47.3 Å². The fraction of sp³-hybridized carbons (Fsp3) is 0.217. The SMILES string of the molecule is CCc1c(NC(=O)C(N=Nc2ccc(Cl)c(C(=O)Nc3cccc(C(F)(F)F)c3Cl)c2)C(C)=O)ccc(NC(=O)C(N=Nc2ccc(Cl)c(C(=O)Nc3cccc(C(F)(F)F)c3Cl)c2)C(C)=O)c1CC. The van der Waals surface area contributed by atoms with Crippen molar-refractivity contribution in [2.24, 2.45) is 20.5 Å². The molecule has 0 aliphatic heterocycles. The summed E-state index contributed by atoms with van der Waals surface area (Å²) in [6, 6.07) is 12.7. The molecule has 0 fully saturated rings. The fourth-order valence-electron chi connectivity index (χ4n) is 6.60. The van der Waals surface area contributed by atoms with E-state index >= 15 is 0 Å². The standard InChI is InChI=1S/C46H36Cl4F6N8O6/c1-5-25-26(6-2)34(58-44(70)40(22(4)66)64-62-24-14-16-32(48)28(20-24)42(68)60-36-12-8-10-30(38(36)50)46(54,55)56)18-17-33(25)57-43(69)39(21(3)65)63-61-23-13-15-31(47)27(19-23)41(67)59-35-11-7-9-29(37(35)49)45(51,52)53/h7-20,39-40H,5-6H2,1-4H3,(H,57,69)(H,58,70)(H,59,67)(H,60,68). The van der Waals surface area contributed by atoms with Crippen LogP contribution in [0.5, 0.6) is 0 Å². The molecule has 0 aromatic heterocycles. The van der Waals surface area contributed by atoms with Gasteiger partial charge in [0, 0.05) is 11.4 Å². The van der Waals surface area contributed by atoms with Crippen LogP contribution in [0.4, 0.5) is 60.5 Å². The average Bonchev–Trinajstić information content (AvgIpc) is 3.28. The molecule has 5 aromatic carbocycles. The van der Waals surface area contributed by atoms with Crippen LogP contribution in [-0.2, 0) is 44.4 Å². The van der Waals surface area contributed by atoms with Gasteiger partial charge in [-0.3, -0.25) is 28.8 Å². The summed E-state index contributed by atoms with van der Waals surface area (Å²) in [7, 11) is 0. The second kappa shape index (κ2) is 22.8. The molecule has 366 valence electrons. The number of anilines is 4. The molecule has 24 heteroatoms. The first-order valence-electron chi connectivity index (χ1n) is 20.4. The van der Waals surface area contributed by atoms with Gasteiger partial charge in [0.05, 0.1) is 65.1 Å². The maximum Gasteiger partial charge on any atom is 0.417 e. The van der Waals surface area contributed by atoms with Gasteiger partial charge in [-0.2, -0.15) is 46.8 Å². The molecule has 0 saturated heterocycles. The highest BCUT2D eigenvalue weighted by atomic mass is 35.5. The second-order valence-corrected chi connectivity index (χ2v) is 16.4. The zero-order chi connectivity index (χ0) is 51.8. The number of amides is 4. The minimum atomic E-state index is -4.80. The summed E-state index contributed by atoms with van der Waals surface area (Å²) in [6.07, 6.45) is -9.01. The van der Waals surface area contributed by atoms with Crippen LogP contribution >= 0.6 is 46.4 Å². The van der Waals surface area contributed by atoms with Crippen molar-refractivity contribution in [1.29, 1.82) is 0 Å². The van der Waals surface area contributed by atoms with Gasteiger partial charge in [-0.15, -0.1) is 0 Å². The summed E-state index contributed by atoms with van der Waals surface area (Å²) in [5.74, 6) is -5.17.